The first kappa shape index (κ1) is 11.3. The molecular formula is C12H14N4OS. The molecule has 0 spiro atoms. The highest BCUT2D eigenvalue weighted by Crippen LogP contribution is 2.31. The van der Waals surface area contributed by atoms with E-state index in [-0.39, 0.29) is 5.91 Å². The summed E-state index contributed by atoms with van der Waals surface area (Å²) >= 11 is 1.67. The number of H-pyrrole nitrogens is 1. The molecule has 0 saturated heterocycles. The predicted molar refractivity (Wildman–Crippen MR) is 70.2 cm³/mol. The van der Waals surface area contributed by atoms with Gasteiger partial charge < -0.3 is 10.6 Å². The second-order valence-corrected chi connectivity index (χ2v) is 5.47. The van der Waals surface area contributed by atoms with Crippen molar-refractivity contribution in [2.45, 2.75) is 25.4 Å². The first-order valence-corrected chi connectivity index (χ1v) is 6.76. The molecule has 94 valence electrons. The summed E-state index contributed by atoms with van der Waals surface area (Å²) in [6.07, 6.45) is 3.66. The van der Waals surface area contributed by atoms with Crippen molar-refractivity contribution in [1.82, 2.24) is 15.1 Å². The lowest BCUT2D eigenvalue weighted by molar-refractivity contribution is 0.0733. The van der Waals surface area contributed by atoms with Crippen molar-refractivity contribution in [3.63, 3.8) is 0 Å². The maximum atomic E-state index is 12.4. The number of nitrogen functional groups attached to an aromatic ring is 1. The summed E-state index contributed by atoms with van der Waals surface area (Å²) in [5, 5.41) is 8.44. The highest BCUT2D eigenvalue weighted by Gasteiger charge is 2.34. The number of amides is 1. The van der Waals surface area contributed by atoms with Crippen molar-refractivity contribution in [3.8, 4) is 0 Å². The minimum atomic E-state index is -0.0304. The van der Waals surface area contributed by atoms with Crippen molar-refractivity contribution in [1.29, 1.82) is 0 Å². The third-order valence-electron chi connectivity index (χ3n) is 3.05. The van der Waals surface area contributed by atoms with Crippen molar-refractivity contribution in [3.05, 3.63) is 34.2 Å². The highest BCUT2D eigenvalue weighted by molar-refractivity contribution is 7.09. The van der Waals surface area contributed by atoms with Gasteiger partial charge in [-0.2, -0.15) is 5.10 Å². The van der Waals surface area contributed by atoms with Gasteiger partial charge >= 0.3 is 0 Å². The van der Waals surface area contributed by atoms with Crippen LogP contribution in [0.25, 0.3) is 0 Å². The lowest BCUT2D eigenvalue weighted by Crippen LogP contribution is -2.32. The van der Waals surface area contributed by atoms with E-state index in [9.17, 15) is 4.79 Å². The first-order valence-electron chi connectivity index (χ1n) is 5.88. The third kappa shape index (κ3) is 2.11. The fourth-order valence-corrected chi connectivity index (χ4v) is 2.65. The van der Waals surface area contributed by atoms with Crippen LogP contribution in [0.2, 0.25) is 0 Å². The largest absolute Gasteiger partial charge is 0.383 e. The van der Waals surface area contributed by atoms with Crippen molar-refractivity contribution in [2.24, 2.45) is 0 Å². The molecule has 6 heteroatoms. The Kier molecular flexibility index (Phi) is 2.79. The van der Waals surface area contributed by atoms with Crippen LogP contribution in [0.1, 0.15) is 28.1 Å². The fourth-order valence-electron chi connectivity index (χ4n) is 1.94. The van der Waals surface area contributed by atoms with Crippen LogP contribution in [-0.2, 0) is 6.54 Å². The summed E-state index contributed by atoms with van der Waals surface area (Å²) in [5.74, 6) is 0.314. The Balaban J connectivity index is 1.82. The molecular weight excluding hydrogens is 248 g/mol. The van der Waals surface area contributed by atoms with Crippen molar-refractivity contribution in [2.75, 3.05) is 5.73 Å². The summed E-state index contributed by atoms with van der Waals surface area (Å²) in [7, 11) is 0. The zero-order chi connectivity index (χ0) is 12.5. The summed E-state index contributed by atoms with van der Waals surface area (Å²) in [6, 6.07) is 4.40. The third-order valence-corrected chi connectivity index (χ3v) is 3.92. The molecule has 2 aromatic rings. The monoisotopic (exact) mass is 262 g/mol. The SMILES string of the molecule is Nc1[nH]ncc1C(=O)N(Cc1cccs1)C1CC1. The molecule has 5 nitrogen and oxygen atoms in total. The van der Waals surface area contributed by atoms with E-state index in [4.69, 9.17) is 5.73 Å². The van der Waals surface area contributed by atoms with E-state index in [0.29, 0.717) is 24.0 Å². The number of nitrogens with zero attached hydrogens (tertiary/aromatic N) is 2. The first-order chi connectivity index (χ1) is 8.75. The molecule has 18 heavy (non-hydrogen) atoms. The number of carbonyl (C=O) groups is 1. The molecule has 0 bridgehead atoms. The lowest BCUT2D eigenvalue weighted by atomic mass is 10.2. The molecule has 0 aliphatic heterocycles. The fraction of sp³-hybridized carbons (Fsp3) is 0.333. The Morgan fingerprint density at radius 2 is 2.44 bits per heavy atom. The Bertz CT molecular complexity index is 544. The maximum absolute atomic E-state index is 12.4. The van der Waals surface area contributed by atoms with Crippen LogP contribution in [0.5, 0.6) is 0 Å². The highest BCUT2D eigenvalue weighted by atomic mass is 32.1. The number of anilines is 1. The van der Waals surface area contributed by atoms with Gasteiger partial charge in [0.2, 0.25) is 0 Å². The quantitative estimate of drug-likeness (QED) is 0.883. The van der Waals surface area contributed by atoms with Crippen LogP contribution in [0, 0.1) is 0 Å². The van der Waals surface area contributed by atoms with Gasteiger partial charge in [0.15, 0.2) is 0 Å². The molecule has 0 atom stereocenters. The number of hydrogen-bond acceptors (Lipinski definition) is 4. The van der Waals surface area contributed by atoms with E-state index in [1.165, 1.54) is 11.1 Å². The maximum Gasteiger partial charge on any atom is 0.259 e. The molecule has 3 rings (SSSR count). The van der Waals surface area contributed by atoms with Crippen molar-refractivity contribution >= 4 is 23.1 Å². The molecule has 1 saturated carbocycles. The number of hydrogen-bond donors (Lipinski definition) is 2. The molecule has 0 unspecified atom stereocenters. The average Bonchev–Trinajstić information content (AvgIpc) is 2.89. The molecule has 2 heterocycles. The number of aromatic amines is 1. The second-order valence-electron chi connectivity index (χ2n) is 4.44. The van der Waals surface area contributed by atoms with Gasteiger partial charge in [0.05, 0.1) is 12.7 Å². The van der Waals surface area contributed by atoms with Gasteiger partial charge in [0, 0.05) is 10.9 Å². The smallest absolute Gasteiger partial charge is 0.259 e. The number of nitrogens with one attached hydrogen (secondary N) is 1. The molecule has 1 amide bonds. The molecule has 3 N–H and O–H groups in total. The van der Waals surface area contributed by atoms with Crippen molar-refractivity contribution < 1.29 is 4.79 Å². The predicted octanol–water partition coefficient (Wildman–Crippen LogP) is 1.86. The van der Waals surface area contributed by atoms with Crippen LogP contribution in [-0.4, -0.2) is 27.0 Å². The number of thiophene rings is 1. The van der Waals surface area contributed by atoms with Gasteiger partial charge in [0.25, 0.3) is 5.91 Å². The summed E-state index contributed by atoms with van der Waals surface area (Å²) in [6.45, 7) is 0.659. The molecule has 0 radical (unpaired) electrons. The van der Waals surface area contributed by atoms with E-state index in [1.54, 1.807) is 11.3 Å². The molecule has 1 fully saturated rings. The van der Waals surface area contributed by atoms with E-state index in [2.05, 4.69) is 10.2 Å². The van der Waals surface area contributed by atoms with Crippen LogP contribution in [0.15, 0.2) is 23.7 Å². The minimum absolute atomic E-state index is 0.0304. The zero-order valence-electron chi connectivity index (χ0n) is 9.80. The number of aromatic nitrogens is 2. The van der Waals surface area contributed by atoms with E-state index < -0.39 is 0 Å². The molecule has 0 aromatic carbocycles. The Morgan fingerprint density at radius 3 is 3.00 bits per heavy atom. The van der Waals surface area contributed by atoms with Crippen LogP contribution in [0.4, 0.5) is 5.82 Å². The van der Waals surface area contributed by atoms with Gasteiger partial charge in [-0.3, -0.25) is 9.89 Å². The second kappa shape index (κ2) is 4.45. The normalized spacial score (nSPS) is 14.7. The topological polar surface area (TPSA) is 75.0 Å². The van der Waals surface area contributed by atoms with Gasteiger partial charge in [-0.1, -0.05) is 6.07 Å². The summed E-state index contributed by atoms with van der Waals surface area (Å²) in [4.78, 5) is 15.5. The van der Waals surface area contributed by atoms with Gasteiger partial charge in [-0.15, -0.1) is 11.3 Å². The van der Waals surface area contributed by atoms with Crippen LogP contribution in [0.3, 0.4) is 0 Å². The van der Waals surface area contributed by atoms with E-state index in [0.717, 1.165) is 12.8 Å². The summed E-state index contributed by atoms with van der Waals surface area (Å²) in [5.41, 5.74) is 6.18. The van der Waals surface area contributed by atoms with Gasteiger partial charge in [0.1, 0.15) is 11.4 Å². The molecule has 2 aromatic heterocycles. The van der Waals surface area contributed by atoms with Gasteiger partial charge in [-0.05, 0) is 24.3 Å². The Morgan fingerprint density at radius 1 is 1.61 bits per heavy atom. The Hall–Kier alpha value is -1.82. The number of nitrogens with two attached hydrogens (primary N) is 1. The van der Waals surface area contributed by atoms with E-state index in [1.807, 2.05) is 22.4 Å². The zero-order valence-corrected chi connectivity index (χ0v) is 10.6. The lowest BCUT2D eigenvalue weighted by Gasteiger charge is -2.21. The van der Waals surface area contributed by atoms with Crippen LogP contribution < -0.4 is 5.73 Å². The van der Waals surface area contributed by atoms with E-state index >= 15 is 0 Å². The molecule has 1 aliphatic rings. The summed E-state index contributed by atoms with van der Waals surface area (Å²) < 4.78 is 0. The standard InChI is InChI=1S/C12H14N4OS/c13-11-10(6-14-15-11)12(17)16(8-3-4-8)7-9-2-1-5-18-9/h1-2,5-6,8H,3-4,7H2,(H3,13,14,15). The number of carbonyl (C=O) groups excluding carboxylic acids is 1. The van der Waals surface area contributed by atoms with Gasteiger partial charge in [-0.25, -0.2) is 0 Å². The Labute approximate surface area is 109 Å². The number of rotatable bonds is 4. The molecule has 1 aliphatic carbocycles. The average molecular weight is 262 g/mol. The van der Waals surface area contributed by atoms with Crippen LogP contribution >= 0.6 is 11.3 Å². The minimum Gasteiger partial charge on any atom is -0.383 e.